The molecule has 2 atom stereocenters. The Morgan fingerprint density at radius 3 is 2.53 bits per heavy atom. The van der Waals surface area contributed by atoms with Gasteiger partial charge in [-0.15, -0.1) is 0 Å². The number of carboxylic acids is 1. The van der Waals surface area contributed by atoms with Crippen LogP contribution in [0.3, 0.4) is 0 Å². The van der Waals surface area contributed by atoms with Crippen molar-refractivity contribution in [2.45, 2.75) is 25.3 Å². The van der Waals surface area contributed by atoms with Gasteiger partial charge in [0.25, 0.3) is 5.91 Å². The Balaban J connectivity index is 1.51. The van der Waals surface area contributed by atoms with Gasteiger partial charge in [-0.3, -0.25) is 9.59 Å². The third-order valence-corrected chi connectivity index (χ3v) is 8.33. The summed E-state index contributed by atoms with van der Waals surface area (Å²) in [6.45, 7) is 3.03. The number of aryl methyl sites for hydroxylation is 1. The maximum atomic E-state index is 13.7. The topological polar surface area (TPSA) is 74.6 Å². The number of para-hydroxylation sites is 1. The molecule has 1 fully saturated rings. The van der Waals surface area contributed by atoms with E-state index in [0.717, 1.165) is 28.7 Å². The lowest BCUT2D eigenvalue weighted by Gasteiger charge is -2.35. The molecule has 2 unspecified atom stereocenters. The molecule has 0 spiro atoms. The Hall–Kier alpha value is -3.22. The molecule has 1 aliphatic carbocycles. The van der Waals surface area contributed by atoms with Crippen LogP contribution in [0.2, 0.25) is 10.0 Å². The average Bonchev–Trinajstić information content (AvgIpc) is 3.45. The van der Waals surface area contributed by atoms with Crippen molar-refractivity contribution in [1.29, 1.82) is 0 Å². The first-order chi connectivity index (χ1) is 17.1. The van der Waals surface area contributed by atoms with E-state index in [-0.39, 0.29) is 5.91 Å². The Kier molecular flexibility index (Phi) is 6.13. The van der Waals surface area contributed by atoms with Crippen LogP contribution in [0.1, 0.15) is 30.3 Å². The number of anilines is 1. The van der Waals surface area contributed by atoms with Crippen molar-refractivity contribution >= 4 is 51.7 Å². The number of nitrogens with one attached hydrogen (secondary N) is 1. The van der Waals surface area contributed by atoms with E-state index in [1.807, 2.05) is 48.0 Å². The smallest absolute Gasteiger partial charge is 0.313 e. The van der Waals surface area contributed by atoms with Gasteiger partial charge in [0.1, 0.15) is 5.69 Å². The van der Waals surface area contributed by atoms with Crippen LogP contribution >= 0.6 is 23.2 Å². The number of halogens is 2. The first-order valence-electron chi connectivity index (χ1n) is 11.8. The molecule has 0 radical (unpaired) electrons. The third-order valence-electron chi connectivity index (χ3n) is 7.51. The summed E-state index contributed by atoms with van der Waals surface area (Å²) >= 11 is 12.6. The summed E-state index contributed by atoms with van der Waals surface area (Å²) in [5, 5.41) is 14.6. The first-order valence-corrected chi connectivity index (χ1v) is 12.6. The highest BCUT2D eigenvalue weighted by Gasteiger charge is 2.44. The van der Waals surface area contributed by atoms with Crippen molar-refractivity contribution in [2.75, 3.05) is 18.0 Å². The molecule has 1 amide bonds. The van der Waals surface area contributed by atoms with Gasteiger partial charge in [-0.05, 0) is 55.7 Å². The fourth-order valence-electron chi connectivity index (χ4n) is 5.17. The highest BCUT2D eigenvalue weighted by molar-refractivity contribution is 6.45. The zero-order chi connectivity index (χ0) is 25.7. The number of nitrogens with zero attached hydrogens (tertiary/aromatic N) is 2. The highest BCUT2D eigenvalue weighted by Crippen LogP contribution is 2.39. The highest BCUT2D eigenvalue weighted by atomic mass is 35.5. The van der Waals surface area contributed by atoms with E-state index in [1.54, 1.807) is 25.1 Å². The van der Waals surface area contributed by atoms with E-state index < -0.39 is 16.9 Å². The normalized spacial score (nSPS) is 23.7. The van der Waals surface area contributed by atoms with Gasteiger partial charge in [-0.2, -0.15) is 0 Å². The lowest BCUT2D eigenvalue weighted by molar-refractivity contribution is -0.145. The molecule has 1 saturated heterocycles. The largest absolute Gasteiger partial charge is 0.481 e. The number of carboxylic acid groups (broad SMARTS) is 1. The lowest BCUT2D eigenvalue weighted by atomic mass is 9.77. The van der Waals surface area contributed by atoms with Crippen LogP contribution in [0.15, 0.2) is 72.3 Å². The Morgan fingerprint density at radius 2 is 1.86 bits per heavy atom. The van der Waals surface area contributed by atoms with Gasteiger partial charge in [-0.25, -0.2) is 0 Å². The standard InChI is InChI=1S/C28H27Cl2N3O3/c1-27(26(35)36)12-10-18(11-13-27)28(14-15-33(17-28)19-6-4-3-5-7-19)31-25(34)23-16-20-22(32(23)2)9-8-21(29)24(20)30/h3-12,16H,13-15,17H2,1-2H3,(H,31,34)(H,35,36). The molecule has 3 aromatic rings. The number of aromatic nitrogens is 1. The van der Waals surface area contributed by atoms with Crippen LogP contribution in [0, 0.1) is 5.41 Å². The van der Waals surface area contributed by atoms with Crippen molar-refractivity contribution in [3.05, 3.63) is 88.1 Å². The summed E-state index contributed by atoms with van der Waals surface area (Å²) in [7, 11) is 1.83. The number of benzene rings is 2. The van der Waals surface area contributed by atoms with Crippen LogP contribution in [-0.4, -0.2) is 40.2 Å². The minimum atomic E-state index is -0.960. The van der Waals surface area contributed by atoms with Crippen molar-refractivity contribution in [3.8, 4) is 0 Å². The van der Waals surface area contributed by atoms with Crippen molar-refractivity contribution in [3.63, 3.8) is 0 Å². The summed E-state index contributed by atoms with van der Waals surface area (Å²) in [6.07, 6.45) is 6.61. The summed E-state index contributed by atoms with van der Waals surface area (Å²) in [5.74, 6) is -1.09. The summed E-state index contributed by atoms with van der Waals surface area (Å²) in [5.41, 5.74) is 1.65. The number of fused-ring (bicyclic) bond motifs is 1. The predicted octanol–water partition coefficient (Wildman–Crippen LogP) is 5.84. The number of rotatable bonds is 5. The molecule has 8 heteroatoms. The number of carbonyl (C=O) groups is 2. The third kappa shape index (κ3) is 4.08. The molecule has 5 rings (SSSR count). The van der Waals surface area contributed by atoms with Gasteiger partial charge in [0.2, 0.25) is 0 Å². The number of carbonyl (C=O) groups excluding carboxylic acids is 1. The molecular formula is C28H27Cl2N3O3. The van der Waals surface area contributed by atoms with Crippen LogP contribution in [0.5, 0.6) is 0 Å². The van der Waals surface area contributed by atoms with Crippen LogP contribution < -0.4 is 10.2 Å². The average molecular weight is 524 g/mol. The number of allylic oxidation sites excluding steroid dienone is 1. The van der Waals surface area contributed by atoms with Gasteiger partial charge >= 0.3 is 5.97 Å². The van der Waals surface area contributed by atoms with Gasteiger partial charge in [0, 0.05) is 36.7 Å². The molecule has 2 aromatic carbocycles. The second kappa shape index (κ2) is 9.02. The first kappa shape index (κ1) is 24.5. The number of hydrogen-bond donors (Lipinski definition) is 2. The SMILES string of the molecule is Cn1c(C(=O)NC2(C3=CCC(C)(C(=O)O)C=C3)CCN(c3ccccc3)C2)cc2c(Cl)c(Cl)ccc21. The molecule has 2 N–H and O–H groups in total. The van der Waals surface area contributed by atoms with E-state index in [9.17, 15) is 14.7 Å². The minimum Gasteiger partial charge on any atom is -0.481 e. The molecule has 2 aliphatic rings. The summed E-state index contributed by atoms with van der Waals surface area (Å²) in [6, 6.07) is 15.4. The fourth-order valence-corrected chi connectivity index (χ4v) is 5.55. The van der Waals surface area contributed by atoms with Gasteiger partial charge in [-0.1, -0.05) is 59.6 Å². The molecule has 36 heavy (non-hydrogen) atoms. The zero-order valence-corrected chi connectivity index (χ0v) is 21.6. The quantitative estimate of drug-likeness (QED) is 0.440. The van der Waals surface area contributed by atoms with Crippen molar-refractivity contribution in [2.24, 2.45) is 12.5 Å². The van der Waals surface area contributed by atoms with Gasteiger partial charge in [0.05, 0.1) is 21.0 Å². The number of hydrogen-bond acceptors (Lipinski definition) is 3. The van der Waals surface area contributed by atoms with Crippen molar-refractivity contribution in [1.82, 2.24) is 9.88 Å². The minimum absolute atomic E-state index is 0.225. The fraction of sp³-hybridized carbons (Fsp3) is 0.286. The Labute approximate surface area is 219 Å². The molecule has 186 valence electrons. The van der Waals surface area contributed by atoms with Gasteiger partial charge in [0.15, 0.2) is 0 Å². The summed E-state index contributed by atoms with van der Waals surface area (Å²) < 4.78 is 1.82. The Morgan fingerprint density at radius 1 is 1.11 bits per heavy atom. The molecule has 1 aliphatic heterocycles. The van der Waals surface area contributed by atoms with E-state index >= 15 is 0 Å². The van der Waals surface area contributed by atoms with E-state index in [4.69, 9.17) is 23.2 Å². The molecule has 6 nitrogen and oxygen atoms in total. The zero-order valence-electron chi connectivity index (χ0n) is 20.1. The lowest BCUT2D eigenvalue weighted by Crippen LogP contribution is -2.52. The van der Waals surface area contributed by atoms with Crippen LogP contribution in [-0.2, 0) is 11.8 Å². The molecule has 0 bridgehead atoms. The predicted molar refractivity (Wildman–Crippen MR) is 144 cm³/mol. The van der Waals surface area contributed by atoms with Crippen LogP contribution in [0.25, 0.3) is 10.9 Å². The maximum absolute atomic E-state index is 13.7. The molecule has 0 saturated carbocycles. The maximum Gasteiger partial charge on any atom is 0.313 e. The van der Waals surface area contributed by atoms with Gasteiger partial charge < -0.3 is 19.9 Å². The van der Waals surface area contributed by atoms with E-state index in [1.165, 1.54) is 0 Å². The molecule has 2 heterocycles. The number of aliphatic carboxylic acids is 1. The second-order valence-electron chi connectivity index (χ2n) is 9.85. The monoisotopic (exact) mass is 523 g/mol. The molecular weight excluding hydrogens is 497 g/mol. The Bertz CT molecular complexity index is 1430. The number of amides is 1. The molecule has 1 aromatic heterocycles. The van der Waals surface area contributed by atoms with Crippen molar-refractivity contribution < 1.29 is 14.7 Å². The van der Waals surface area contributed by atoms with E-state index in [0.29, 0.717) is 35.1 Å². The summed E-state index contributed by atoms with van der Waals surface area (Å²) in [4.78, 5) is 27.8. The van der Waals surface area contributed by atoms with E-state index in [2.05, 4.69) is 22.3 Å². The van der Waals surface area contributed by atoms with Crippen LogP contribution in [0.4, 0.5) is 5.69 Å². The second-order valence-corrected chi connectivity index (χ2v) is 10.6.